The highest BCUT2D eigenvalue weighted by molar-refractivity contribution is 8.18. The average Bonchev–Trinajstić information content (AvgIpc) is 2.97. The topological polar surface area (TPSA) is 101 Å². The summed E-state index contributed by atoms with van der Waals surface area (Å²) in [6.07, 6.45) is 2.56. The third-order valence-electron chi connectivity index (χ3n) is 4.27. The Morgan fingerprint density at radius 1 is 1.16 bits per heavy atom. The molecular weight excluding hydrogens is 483 g/mol. The van der Waals surface area contributed by atoms with Crippen LogP contribution in [0.15, 0.2) is 52.3 Å². The van der Waals surface area contributed by atoms with Gasteiger partial charge in [-0.25, -0.2) is 8.42 Å². The largest absolute Gasteiger partial charge is 0.350 e. The first-order chi connectivity index (χ1) is 14.6. The van der Waals surface area contributed by atoms with Crippen molar-refractivity contribution in [3.8, 4) is 0 Å². The molecule has 0 spiro atoms. The SMILES string of the molecule is CS(=O)(=O)c1cccc(C(=O)NCCN2C(=O)SC(=Cc3ccc(Cl)cc3Cl)C2=O)c1. The minimum absolute atomic E-state index is 0.00889. The van der Waals surface area contributed by atoms with E-state index in [0.717, 1.165) is 22.9 Å². The molecule has 0 aliphatic carbocycles. The fourth-order valence-corrected chi connectivity index (χ4v) is 4.69. The maximum Gasteiger partial charge on any atom is 0.293 e. The van der Waals surface area contributed by atoms with Crippen molar-refractivity contribution in [3.05, 3.63) is 68.5 Å². The van der Waals surface area contributed by atoms with Crippen molar-refractivity contribution < 1.29 is 22.8 Å². The van der Waals surface area contributed by atoms with Crippen molar-refractivity contribution in [2.45, 2.75) is 4.90 Å². The van der Waals surface area contributed by atoms with Gasteiger partial charge < -0.3 is 5.32 Å². The minimum atomic E-state index is -3.45. The first-order valence-corrected chi connectivity index (χ1v) is 12.3. The summed E-state index contributed by atoms with van der Waals surface area (Å²) < 4.78 is 23.3. The standard InChI is InChI=1S/C20H16Cl2N2O5S2/c1-31(28,29)15-4-2-3-13(9-15)18(25)23-7-8-24-19(26)17(30-20(24)27)10-12-5-6-14(21)11-16(12)22/h2-6,9-11H,7-8H2,1H3,(H,23,25). The molecule has 3 amide bonds. The highest BCUT2D eigenvalue weighted by Crippen LogP contribution is 2.33. The van der Waals surface area contributed by atoms with E-state index >= 15 is 0 Å². The first kappa shape index (κ1) is 23.3. The van der Waals surface area contributed by atoms with Crippen LogP contribution >= 0.6 is 35.0 Å². The smallest absolute Gasteiger partial charge is 0.293 e. The molecule has 0 bridgehead atoms. The molecule has 7 nitrogen and oxygen atoms in total. The maximum atomic E-state index is 12.6. The molecule has 0 unspecified atom stereocenters. The normalized spacial score (nSPS) is 15.6. The summed E-state index contributed by atoms with van der Waals surface area (Å²) in [4.78, 5) is 38.3. The number of amides is 3. The summed E-state index contributed by atoms with van der Waals surface area (Å²) >= 11 is 12.8. The summed E-state index contributed by atoms with van der Waals surface area (Å²) in [5, 5.41) is 2.92. The van der Waals surface area contributed by atoms with Gasteiger partial charge in [0.25, 0.3) is 17.1 Å². The second-order valence-electron chi connectivity index (χ2n) is 6.56. The molecule has 1 aliphatic heterocycles. The fourth-order valence-electron chi connectivity index (χ4n) is 2.70. The number of benzene rings is 2. The molecule has 2 aromatic rings. The number of rotatable bonds is 6. The second kappa shape index (κ2) is 9.44. The maximum absolute atomic E-state index is 12.6. The van der Waals surface area contributed by atoms with E-state index in [0.29, 0.717) is 15.6 Å². The van der Waals surface area contributed by atoms with Crippen molar-refractivity contribution in [2.75, 3.05) is 19.3 Å². The Hall–Kier alpha value is -2.33. The van der Waals surface area contributed by atoms with Crippen LogP contribution in [0.25, 0.3) is 6.08 Å². The Balaban J connectivity index is 1.63. The van der Waals surface area contributed by atoms with Gasteiger partial charge in [-0.05, 0) is 53.7 Å². The number of thioether (sulfide) groups is 1. The van der Waals surface area contributed by atoms with Crippen LogP contribution < -0.4 is 5.32 Å². The number of imide groups is 1. The molecule has 1 N–H and O–H groups in total. The Morgan fingerprint density at radius 3 is 2.58 bits per heavy atom. The van der Waals surface area contributed by atoms with Crippen molar-refractivity contribution in [1.82, 2.24) is 10.2 Å². The second-order valence-corrected chi connectivity index (χ2v) is 10.4. The number of halogens is 2. The van der Waals surface area contributed by atoms with Gasteiger partial charge in [0, 0.05) is 35.0 Å². The predicted molar refractivity (Wildman–Crippen MR) is 121 cm³/mol. The van der Waals surface area contributed by atoms with Crippen LogP contribution in [-0.4, -0.2) is 49.7 Å². The van der Waals surface area contributed by atoms with Crippen molar-refractivity contribution in [3.63, 3.8) is 0 Å². The van der Waals surface area contributed by atoms with Gasteiger partial charge in [-0.1, -0.05) is 35.3 Å². The molecule has 1 aliphatic rings. The Morgan fingerprint density at radius 2 is 1.90 bits per heavy atom. The van der Waals surface area contributed by atoms with Gasteiger partial charge in [0.15, 0.2) is 9.84 Å². The summed E-state index contributed by atoms with van der Waals surface area (Å²) in [5.74, 6) is -1.00. The van der Waals surface area contributed by atoms with E-state index in [1.54, 1.807) is 12.1 Å². The van der Waals surface area contributed by atoms with Gasteiger partial charge in [0.1, 0.15) is 0 Å². The molecular formula is C20H16Cl2N2O5S2. The van der Waals surface area contributed by atoms with Crippen LogP contribution in [0, 0.1) is 0 Å². The van der Waals surface area contributed by atoms with Gasteiger partial charge in [0.2, 0.25) is 0 Å². The van der Waals surface area contributed by atoms with E-state index in [2.05, 4.69) is 5.32 Å². The molecule has 1 saturated heterocycles. The van der Waals surface area contributed by atoms with Gasteiger partial charge in [-0.2, -0.15) is 0 Å². The van der Waals surface area contributed by atoms with Crippen molar-refractivity contribution >= 4 is 67.9 Å². The average molecular weight is 499 g/mol. The van der Waals surface area contributed by atoms with Gasteiger partial charge in [-0.15, -0.1) is 0 Å². The van der Waals surface area contributed by atoms with E-state index in [4.69, 9.17) is 23.2 Å². The Bertz CT molecular complexity index is 1210. The lowest BCUT2D eigenvalue weighted by molar-refractivity contribution is -0.122. The van der Waals surface area contributed by atoms with Gasteiger partial charge in [0.05, 0.1) is 9.80 Å². The summed E-state index contributed by atoms with van der Waals surface area (Å²) in [6, 6.07) is 10.4. The van der Waals surface area contributed by atoms with Crippen LogP contribution in [0.5, 0.6) is 0 Å². The molecule has 1 heterocycles. The van der Waals surface area contributed by atoms with Crippen LogP contribution in [0.4, 0.5) is 4.79 Å². The quantitative estimate of drug-likeness (QED) is 0.606. The lowest BCUT2D eigenvalue weighted by Crippen LogP contribution is -2.37. The number of nitrogens with zero attached hydrogens (tertiary/aromatic N) is 1. The van der Waals surface area contributed by atoms with Crippen LogP contribution in [-0.2, 0) is 14.6 Å². The molecule has 2 aromatic carbocycles. The Labute approximate surface area is 193 Å². The highest BCUT2D eigenvalue weighted by atomic mass is 35.5. The van der Waals surface area contributed by atoms with Crippen LogP contribution in [0.3, 0.4) is 0 Å². The zero-order valence-electron chi connectivity index (χ0n) is 16.1. The molecule has 0 saturated carbocycles. The number of carbonyl (C=O) groups excluding carboxylic acids is 3. The number of hydrogen-bond acceptors (Lipinski definition) is 6. The van der Waals surface area contributed by atoms with Gasteiger partial charge >= 0.3 is 0 Å². The third-order valence-corrected chi connectivity index (χ3v) is 6.85. The molecule has 3 rings (SSSR count). The van der Waals surface area contributed by atoms with Gasteiger partial charge in [-0.3, -0.25) is 19.3 Å². The fraction of sp³-hybridized carbons (Fsp3) is 0.150. The zero-order valence-corrected chi connectivity index (χ0v) is 19.2. The molecule has 11 heteroatoms. The van der Waals surface area contributed by atoms with E-state index < -0.39 is 26.9 Å². The Kier molecular flexibility index (Phi) is 7.10. The lowest BCUT2D eigenvalue weighted by Gasteiger charge is -2.13. The van der Waals surface area contributed by atoms with Crippen LogP contribution in [0.2, 0.25) is 10.0 Å². The van der Waals surface area contributed by atoms with E-state index in [1.807, 2.05) is 0 Å². The minimum Gasteiger partial charge on any atom is -0.350 e. The lowest BCUT2D eigenvalue weighted by atomic mass is 10.2. The number of nitrogens with one attached hydrogen (secondary N) is 1. The van der Waals surface area contributed by atoms with E-state index in [9.17, 15) is 22.8 Å². The molecule has 0 atom stereocenters. The third kappa shape index (κ3) is 5.68. The zero-order chi connectivity index (χ0) is 22.8. The highest BCUT2D eigenvalue weighted by Gasteiger charge is 2.34. The van der Waals surface area contributed by atoms with Crippen molar-refractivity contribution in [2.24, 2.45) is 0 Å². The monoisotopic (exact) mass is 498 g/mol. The molecule has 162 valence electrons. The summed E-state index contributed by atoms with van der Waals surface area (Å²) in [6.45, 7) is -0.0250. The van der Waals surface area contributed by atoms with E-state index in [-0.39, 0.29) is 28.5 Å². The van der Waals surface area contributed by atoms with Crippen LogP contribution in [0.1, 0.15) is 15.9 Å². The molecule has 0 radical (unpaired) electrons. The number of hydrogen-bond donors (Lipinski definition) is 1. The summed E-state index contributed by atoms with van der Waals surface area (Å²) in [7, 11) is -3.45. The predicted octanol–water partition coefficient (Wildman–Crippen LogP) is 3.86. The van der Waals surface area contributed by atoms with E-state index in [1.165, 1.54) is 36.4 Å². The number of sulfone groups is 1. The summed E-state index contributed by atoms with van der Waals surface area (Å²) in [5.41, 5.74) is 0.713. The molecule has 31 heavy (non-hydrogen) atoms. The van der Waals surface area contributed by atoms with Crippen molar-refractivity contribution in [1.29, 1.82) is 0 Å². The number of carbonyl (C=O) groups is 3. The molecule has 0 aromatic heterocycles. The molecule has 1 fully saturated rings. The first-order valence-electron chi connectivity index (χ1n) is 8.85.